The molecule has 0 bridgehead atoms. The van der Waals surface area contributed by atoms with E-state index in [1.54, 1.807) is 7.11 Å². The van der Waals surface area contributed by atoms with E-state index in [1.165, 1.54) is 0 Å². The van der Waals surface area contributed by atoms with Gasteiger partial charge in [0.25, 0.3) is 0 Å². The van der Waals surface area contributed by atoms with Gasteiger partial charge in [0.05, 0.1) is 23.6 Å². The van der Waals surface area contributed by atoms with Crippen LogP contribution in [-0.2, 0) is 16.4 Å². The Labute approximate surface area is 112 Å². The molecule has 0 spiro atoms. The summed E-state index contributed by atoms with van der Waals surface area (Å²) in [7, 11) is -1.26. The van der Waals surface area contributed by atoms with Crippen LogP contribution in [0.15, 0.2) is 18.2 Å². The Bertz CT molecular complexity index is 530. The van der Waals surface area contributed by atoms with E-state index in [9.17, 15) is 8.42 Å². The van der Waals surface area contributed by atoms with Crippen molar-refractivity contribution in [2.45, 2.75) is 19.0 Å². The number of benzene rings is 1. The van der Waals surface area contributed by atoms with Gasteiger partial charge in [-0.1, -0.05) is 17.7 Å². The van der Waals surface area contributed by atoms with Crippen molar-refractivity contribution in [3.8, 4) is 5.75 Å². The van der Waals surface area contributed by atoms with Crippen molar-refractivity contribution >= 4 is 21.4 Å². The molecule has 4 nitrogen and oxygen atoms in total. The number of hydrogen-bond donors (Lipinski definition) is 1. The predicted molar refractivity (Wildman–Crippen MR) is 71.9 cm³/mol. The van der Waals surface area contributed by atoms with Crippen LogP contribution in [0.4, 0.5) is 0 Å². The van der Waals surface area contributed by atoms with Gasteiger partial charge in [0.2, 0.25) is 0 Å². The fourth-order valence-electron chi connectivity index (χ4n) is 2.04. The Morgan fingerprint density at radius 3 is 2.83 bits per heavy atom. The maximum atomic E-state index is 11.3. The van der Waals surface area contributed by atoms with Crippen LogP contribution in [0.25, 0.3) is 0 Å². The highest BCUT2D eigenvalue weighted by Gasteiger charge is 2.27. The zero-order valence-electron chi connectivity index (χ0n) is 10.1. The van der Waals surface area contributed by atoms with Crippen molar-refractivity contribution in [2.24, 2.45) is 0 Å². The molecule has 1 atom stereocenters. The van der Waals surface area contributed by atoms with Crippen LogP contribution in [0.5, 0.6) is 5.75 Å². The van der Waals surface area contributed by atoms with Gasteiger partial charge >= 0.3 is 0 Å². The molecule has 0 aromatic heterocycles. The lowest BCUT2D eigenvalue weighted by Gasteiger charge is -2.11. The second kappa shape index (κ2) is 5.47. The number of nitrogens with one attached hydrogen (secondary N) is 1. The summed E-state index contributed by atoms with van der Waals surface area (Å²) in [5.74, 6) is 1.16. The molecule has 1 fully saturated rings. The first-order chi connectivity index (χ1) is 8.50. The molecule has 0 amide bonds. The Kier molecular flexibility index (Phi) is 4.14. The van der Waals surface area contributed by atoms with Crippen LogP contribution >= 0.6 is 11.6 Å². The van der Waals surface area contributed by atoms with Gasteiger partial charge < -0.3 is 10.1 Å². The molecule has 0 radical (unpaired) electrons. The summed E-state index contributed by atoms with van der Waals surface area (Å²) < 4.78 is 27.7. The Morgan fingerprint density at radius 1 is 1.50 bits per heavy atom. The van der Waals surface area contributed by atoms with Crippen LogP contribution in [0.1, 0.15) is 12.0 Å². The highest BCUT2D eigenvalue weighted by atomic mass is 35.5. The minimum Gasteiger partial charge on any atom is -0.495 e. The summed E-state index contributed by atoms with van der Waals surface area (Å²) in [4.78, 5) is 0. The maximum absolute atomic E-state index is 11.3. The van der Waals surface area contributed by atoms with E-state index in [-0.39, 0.29) is 17.5 Å². The Hall–Kier alpha value is -0.780. The van der Waals surface area contributed by atoms with E-state index in [4.69, 9.17) is 16.3 Å². The molecule has 1 aliphatic rings. The van der Waals surface area contributed by atoms with Crippen molar-refractivity contribution in [3.05, 3.63) is 28.8 Å². The molecule has 100 valence electrons. The molecule has 18 heavy (non-hydrogen) atoms. The van der Waals surface area contributed by atoms with Crippen molar-refractivity contribution in [2.75, 3.05) is 18.6 Å². The molecular formula is C12H16ClNO3S. The molecule has 6 heteroatoms. The molecule has 0 aliphatic carbocycles. The van der Waals surface area contributed by atoms with Gasteiger partial charge in [0, 0.05) is 12.6 Å². The van der Waals surface area contributed by atoms with E-state index < -0.39 is 9.84 Å². The summed E-state index contributed by atoms with van der Waals surface area (Å²) in [6.45, 7) is 0.615. The summed E-state index contributed by atoms with van der Waals surface area (Å²) >= 11 is 6.02. The molecular weight excluding hydrogens is 274 g/mol. The summed E-state index contributed by atoms with van der Waals surface area (Å²) in [6, 6.07) is 5.61. The highest BCUT2D eigenvalue weighted by molar-refractivity contribution is 7.91. The normalized spacial score (nSPS) is 22.0. The second-order valence-electron chi connectivity index (χ2n) is 4.45. The van der Waals surface area contributed by atoms with Gasteiger partial charge in [0.15, 0.2) is 9.84 Å². The third-order valence-corrected chi connectivity index (χ3v) is 5.11. The molecule has 1 aromatic rings. The van der Waals surface area contributed by atoms with Crippen molar-refractivity contribution in [1.29, 1.82) is 0 Å². The third kappa shape index (κ3) is 3.37. The van der Waals surface area contributed by atoms with Crippen molar-refractivity contribution < 1.29 is 13.2 Å². The van der Waals surface area contributed by atoms with Crippen LogP contribution < -0.4 is 10.1 Å². The standard InChI is InChI=1S/C12H16ClNO3S/c1-17-12-3-2-9(6-11(12)13)7-14-10-4-5-18(15,16)8-10/h2-3,6,10,14H,4-5,7-8H2,1H3. The van der Waals surface area contributed by atoms with Crippen LogP contribution in [0.3, 0.4) is 0 Å². The first kappa shape index (κ1) is 13.6. The van der Waals surface area contributed by atoms with E-state index in [1.807, 2.05) is 18.2 Å². The molecule has 2 rings (SSSR count). The highest BCUT2D eigenvalue weighted by Crippen LogP contribution is 2.25. The van der Waals surface area contributed by atoms with Gasteiger partial charge in [-0.05, 0) is 24.1 Å². The van der Waals surface area contributed by atoms with E-state index in [0.29, 0.717) is 23.7 Å². The summed E-state index contributed by atoms with van der Waals surface area (Å²) in [5, 5.41) is 3.81. The molecule has 1 aromatic carbocycles. The fraction of sp³-hybridized carbons (Fsp3) is 0.500. The quantitative estimate of drug-likeness (QED) is 0.915. The SMILES string of the molecule is COc1ccc(CNC2CCS(=O)(=O)C2)cc1Cl. The van der Waals surface area contributed by atoms with Crippen molar-refractivity contribution in [3.63, 3.8) is 0 Å². The number of rotatable bonds is 4. The van der Waals surface area contributed by atoms with Gasteiger partial charge in [-0.3, -0.25) is 0 Å². The number of ether oxygens (including phenoxy) is 1. The second-order valence-corrected chi connectivity index (χ2v) is 7.09. The Balaban J connectivity index is 1.93. The number of methoxy groups -OCH3 is 1. The van der Waals surface area contributed by atoms with Gasteiger partial charge in [-0.25, -0.2) is 8.42 Å². The predicted octanol–water partition coefficient (Wildman–Crippen LogP) is 1.63. The monoisotopic (exact) mass is 289 g/mol. The molecule has 1 unspecified atom stereocenters. The first-order valence-electron chi connectivity index (χ1n) is 5.76. The number of sulfone groups is 1. The molecule has 0 saturated carbocycles. The van der Waals surface area contributed by atoms with Crippen LogP contribution in [0, 0.1) is 0 Å². The number of hydrogen-bond acceptors (Lipinski definition) is 4. The zero-order chi connectivity index (χ0) is 13.2. The zero-order valence-corrected chi connectivity index (χ0v) is 11.7. The van der Waals surface area contributed by atoms with E-state index in [2.05, 4.69) is 5.32 Å². The lowest BCUT2D eigenvalue weighted by molar-refractivity contribution is 0.414. The summed E-state index contributed by atoms with van der Waals surface area (Å²) in [5.41, 5.74) is 1.02. The average molecular weight is 290 g/mol. The topological polar surface area (TPSA) is 55.4 Å². The van der Waals surface area contributed by atoms with Gasteiger partial charge in [-0.2, -0.15) is 0 Å². The smallest absolute Gasteiger partial charge is 0.151 e. The van der Waals surface area contributed by atoms with E-state index in [0.717, 1.165) is 5.56 Å². The minimum absolute atomic E-state index is 0.0517. The fourth-order valence-corrected chi connectivity index (χ4v) is 4.03. The number of halogens is 1. The first-order valence-corrected chi connectivity index (χ1v) is 7.96. The molecule has 1 N–H and O–H groups in total. The van der Waals surface area contributed by atoms with Gasteiger partial charge in [0.1, 0.15) is 5.75 Å². The van der Waals surface area contributed by atoms with Crippen LogP contribution in [0.2, 0.25) is 5.02 Å². The van der Waals surface area contributed by atoms with Crippen molar-refractivity contribution in [1.82, 2.24) is 5.32 Å². The maximum Gasteiger partial charge on any atom is 0.151 e. The third-order valence-electron chi connectivity index (χ3n) is 3.04. The Morgan fingerprint density at radius 2 is 2.28 bits per heavy atom. The molecule has 1 heterocycles. The minimum atomic E-state index is -2.83. The lowest BCUT2D eigenvalue weighted by Crippen LogP contribution is -2.29. The lowest BCUT2D eigenvalue weighted by atomic mass is 10.2. The van der Waals surface area contributed by atoms with E-state index >= 15 is 0 Å². The average Bonchev–Trinajstić information content (AvgIpc) is 2.66. The largest absolute Gasteiger partial charge is 0.495 e. The van der Waals surface area contributed by atoms with Gasteiger partial charge in [-0.15, -0.1) is 0 Å². The summed E-state index contributed by atoms with van der Waals surface area (Å²) in [6.07, 6.45) is 0.687. The molecule has 1 aliphatic heterocycles. The van der Waals surface area contributed by atoms with Crippen LogP contribution in [-0.4, -0.2) is 33.1 Å². The molecule has 1 saturated heterocycles.